The van der Waals surface area contributed by atoms with E-state index in [2.05, 4.69) is 15.9 Å². The van der Waals surface area contributed by atoms with Gasteiger partial charge in [-0.05, 0) is 28.4 Å². The molecule has 0 aromatic carbocycles. The highest BCUT2D eigenvalue weighted by Gasteiger charge is 2.17. The molecular weight excluding hydrogens is 252 g/mol. The molecule has 72 valence electrons. The maximum absolute atomic E-state index is 11.6. The largest absolute Gasteiger partial charge is 0.397 e. The van der Waals surface area contributed by atoms with Gasteiger partial charge in [0.25, 0.3) is 5.91 Å². The summed E-state index contributed by atoms with van der Waals surface area (Å²) in [6, 6.07) is 0. The quantitative estimate of drug-likeness (QED) is 0.843. The first kappa shape index (κ1) is 10.5. The van der Waals surface area contributed by atoms with Crippen molar-refractivity contribution in [2.75, 3.05) is 19.8 Å². The number of carbonyl (C=O) groups is 1. The van der Waals surface area contributed by atoms with Gasteiger partial charge in [-0.2, -0.15) is 0 Å². The third kappa shape index (κ3) is 1.86. The van der Waals surface area contributed by atoms with E-state index in [0.29, 0.717) is 10.6 Å². The minimum atomic E-state index is -0.0000926. The van der Waals surface area contributed by atoms with E-state index in [1.54, 1.807) is 19.0 Å². The van der Waals surface area contributed by atoms with Crippen molar-refractivity contribution in [1.29, 1.82) is 0 Å². The van der Waals surface area contributed by atoms with Crippen LogP contribution in [0.2, 0.25) is 0 Å². The van der Waals surface area contributed by atoms with E-state index >= 15 is 0 Å². The van der Waals surface area contributed by atoms with Crippen LogP contribution in [-0.2, 0) is 0 Å². The van der Waals surface area contributed by atoms with Crippen molar-refractivity contribution in [1.82, 2.24) is 4.90 Å². The molecule has 1 aromatic rings. The van der Waals surface area contributed by atoms with Crippen LogP contribution in [0.15, 0.2) is 3.79 Å². The van der Waals surface area contributed by atoms with E-state index in [-0.39, 0.29) is 5.91 Å². The van der Waals surface area contributed by atoms with Gasteiger partial charge in [-0.15, -0.1) is 11.3 Å². The average molecular weight is 263 g/mol. The van der Waals surface area contributed by atoms with Gasteiger partial charge in [0.15, 0.2) is 0 Å². The Kier molecular flexibility index (Phi) is 2.98. The Morgan fingerprint density at radius 3 is 2.38 bits per heavy atom. The lowest BCUT2D eigenvalue weighted by Crippen LogP contribution is -2.21. The van der Waals surface area contributed by atoms with Gasteiger partial charge in [0, 0.05) is 14.1 Å². The molecule has 1 amide bonds. The Morgan fingerprint density at radius 1 is 1.54 bits per heavy atom. The van der Waals surface area contributed by atoms with E-state index in [4.69, 9.17) is 5.73 Å². The predicted molar refractivity (Wildman–Crippen MR) is 59.2 cm³/mol. The Hall–Kier alpha value is -0.550. The molecule has 3 nitrogen and oxygen atoms in total. The SMILES string of the molecule is Cc1c(C(=O)N(C)C)sc(Br)c1N. The average Bonchev–Trinajstić information content (AvgIpc) is 2.31. The molecule has 0 saturated heterocycles. The standard InChI is InChI=1S/C8H11BrN2OS/c1-4-5(10)7(9)13-6(4)8(12)11(2)3/h10H2,1-3H3. The highest BCUT2D eigenvalue weighted by atomic mass is 79.9. The van der Waals surface area contributed by atoms with Gasteiger partial charge in [0.2, 0.25) is 0 Å². The highest BCUT2D eigenvalue weighted by molar-refractivity contribution is 9.11. The van der Waals surface area contributed by atoms with Gasteiger partial charge >= 0.3 is 0 Å². The minimum absolute atomic E-state index is 0.0000926. The Balaban J connectivity index is 3.16. The van der Waals surface area contributed by atoms with Crippen molar-refractivity contribution in [3.8, 4) is 0 Å². The lowest BCUT2D eigenvalue weighted by atomic mass is 10.2. The molecule has 1 aromatic heterocycles. The first-order valence-corrected chi connectivity index (χ1v) is 5.32. The number of amides is 1. The molecule has 0 aliphatic heterocycles. The third-order valence-electron chi connectivity index (χ3n) is 1.75. The topological polar surface area (TPSA) is 46.3 Å². The van der Waals surface area contributed by atoms with Crippen LogP contribution in [0.1, 0.15) is 15.2 Å². The van der Waals surface area contributed by atoms with Gasteiger partial charge in [0.05, 0.1) is 14.4 Å². The summed E-state index contributed by atoms with van der Waals surface area (Å²) in [7, 11) is 3.46. The summed E-state index contributed by atoms with van der Waals surface area (Å²) in [5.74, 6) is -0.0000926. The molecule has 13 heavy (non-hydrogen) atoms. The molecule has 2 N–H and O–H groups in total. The zero-order chi connectivity index (χ0) is 10.2. The summed E-state index contributed by atoms with van der Waals surface area (Å²) in [5.41, 5.74) is 7.25. The molecule has 0 aliphatic carbocycles. The first-order chi connectivity index (χ1) is 5.95. The molecule has 0 spiro atoms. The van der Waals surface area contributed by atoms with Gasteiger partial charge in [-0.3, -0.25) is 4.79 Å². The number of nitrogens with two attached hydrogens (primary N) is 1. The summed E-state index contributed by atoms with van der Waals surface area (Å²) in [5, 5.41) is 0. The molecule has 0 bridgehead atoms. The van der Waals surface area contributed by atoms with E-state index in [1.807, 2.05) is 6.92 Å². The summed E-state index contributed by atoms with van der Waals surface area (Å²) >= 11 is 4.68. The second kappa shape index (κ2) is 3.67. The molecule has 0 saturated carbocycles. The second-order valence-corrected chi connectivity index (χ2v) is 5.28. The van der Waals surface area contributed by atoms with E-state index < -0.39 is 0 Å². The number of halogens is 1. The highest BCUT2D eigenvalue weighted by Crippen LogP contribution is 2.35. The summed E-state index contributed by atoms with van der Waals surface area (Å²) in [6.07, 6.45) is 0. The number of rotatable bonds is 1. The van der Waals surface area contributed by atoms with Crippen LogP contribution in [0, 0.1) is 6.92 Å². The fourth-order valence-electron chi connectivity index (χ4n) is 0.898. The van der Waals surface area contributed by atoms with Crippen molar-refractivity contribution in [2.24, 2.45) is 0 Å². The summed E-state index contributed by atoms with van der Waals surface area (Å²) < 4.78 is 0.829. The van der Waals surface area contributed by atoms with Crippen LogP contribution in [0.4, 0.5) is 5.69 Å². The predicted octanol–water partition coefficient (Wildman–Crippen LogP) is 2.10. The van der Waals surface area contributed by atoms with Crippen molar-refractivity contribution >= 4 is 38.9 Å². The first-order valence-electron chi connectivity index (χ1n) is 3.71. The van der Waals surface area contributed by atoms with Gasteiger partial charge in [-0.1, -0.05) is 0 Å². The molecule has 0 fully saturated rings. The van der Waals surface area contributed by atoms with Crippen molar-refractivity contribution < 1.29 is 4.79 Å². The monoisotopic (exact) mass is 262 g/mol. The van der Waals surface area contributed by atoms with E-state index in [1.165, 1.54) is 11.3 Å². The molecule has 5 heteroatoms. The Labute approximate surface area is 89.7 Å². The lowest BCUT2D eigenvalue weighted by molar-refractivity contribution is 0.0831. The van der Waals surface area contributed by atoms with Crippen molar-refractivity contribution in [3.63, 3.8) is 0 Å². The van der Waals surface area contributed by atoms with E-state index in [9.17, 15) is 4.79 Å². The summed E-state index contributed by atoms with van der Waals surface area (Å²) in [6.45, 7) is 1.85. The fourth-order valence-corrected chi connectivity index (χ4v) is 2.66. The summed E-state index contributed by atoms with van der Waals surface area (Å²) in [4.78, 5) is 13.8. The molecular formula is C8H11BrN2OS. The van der Waals surface area contributed by atoms with Crippen molar-refractivity contribution in [3.05, 3.63) is 14.2 Å². The number of hydrogen-bond acceptors (Lipinski definition) is 3. The van der Waals surface area contributed by atoms with E-state index in [0.717, 1.165) is 9.35 Å². The van der Waals surface area contributed by atoms with Crippen LogP contribution < -0.4 is 5.73 Å². The van der Waals surface area contributed by atoms with Crippen LogP contribution in [0.3, 0.4) is 0 Å². The second-order valence-electron chi connectivity index (χ2n) is 2.94. The number of carbonyl (C=O) groups excluding carboxylic acids is 1. The van der Waals surface area contributed by atoms with Crippen LogP contribution >= 0.6 is 27.3 Å². The Morgan fingerprint density at radius 2 is 2.08 bits per heavy atom. The van der Waals surface area contributed by atoms with Gasteiger partial charge in [0.1, 0.15) is 0 Å². The zero-order valence-corrected chi connectivity index (χ0v) is 10.1. The molecule has 1 rings (SSSR count). The molecule has 0 atom stereocenters. The number of thiophene rings is 1. The maximum Gasteiger partial charge on any atom is 0.263 e. The van der Waals surface area contributed by atoms with Gasteiger partial charge < -0.3 is 10.6 Å². The molecule has 0 unspecified atom stereocenters. The smallest absolute Gasteiger partial charge is 0.263 e. The number of nitrogen functional groups attached to an aromatic ring is 1. The fraction of sp³-hybridized carbons (Fsp3) is 0.375. The molecule has 0 aliphatic rings. The number of hydrogen-bond donors (Lipinski definition) is 1. The number of nitrogens with zero attached hydrogens (tertiary/aromatic N) is 1. The van der Waals surface area contributed by atoms with Crippen molar-refractivity contribution in [2.45, 2.75) is 6.92 Å². The Bertz CT molecular complexity index is 346. The molecule has 0 radical (unpaired) electrons. The lowest BCUT2D eigenvalue weighted by Gasteiger charge is -2.08. The zero-order valence-electron chi connectivity index (χ0n) is 7.72. The number of anilines is 1. The van der Waals surface area contributed by atoms with Crippen LogP contribution in [0.25, 0.3) is 0 Å². The van der Waals surface area contributed by atoms with Gasteiger partial charge in [-0.25, -0.2) is 0 Å². The maximum atomic E-state index is 11.6. The third-order valence-corrected chi connectivity index (χ3v) is 3.75. The normalized spacial score (nSPS) is 10.2. The minimum Gasteiger partial charge on any atom is -0.397 e. The molecule has 1 heterocycles. The van der Waals surface area contributed by atoms with Crippen LogP contribution in [-0.4, -0.2) is 24.9 Å². The van der Waals surface area contributed by atoms with Crippen LogP contribution in [0.5, 0.6) is 0 Å².